The number of imidazole rings is 1. The SMILES string of the molecule is Cc1cccc(NC(=O)c2ccc(Cn3ccnc3C)cc2)c1. The van der Waals surface area contributed by atoms with E-state index in [0.717, 1.165) is 29.2 Å². The second-order valence-corrected chi connectivity index (χ2v) is 5.62. The van der Waals surface area contributed by atoms with Gasteiger partial charge in [0.2, 0.25) is 0 Å². The highest BCUT2D eigenvalue weighted by molar-refractivity contribution is 6.04. The van der Waals surface area contributed by atoms with Crippen LogP contribution in [0, 0.1) is 13.8 Å². The monoisotopic (exact) mass is 305 g/mol. The van der Waals surface area contributed by atoms with Crippen LogP contribution in [0.3, 0.4) is 0 Å². The minimum absolute atomic E-state index is 0.0963. The third kappa shape index (κ3) is 3.66. The van der Waals surface area contributed by atoms with Crippen molar-refractivity contribution < 1.29 is 4.79 Å². The molecule has 23 heavy (non-hydrogen) atoms. The van der Waals surface area contributed by atoms with Crippen LogP contribution in [-0.4, -0.2) is 15.5 Å². The first-order valence-electron chi connectivity index (χ1n) is 7.56. The van der Waals surface area contributed by atoms with E-state index in [2.05, 4.69) is 14.9 Å². The van der Waals surface area contributed by atoms with Crippen LogP contribution >= 0.6 is 0 Å². The van der Waals surface area contributed by atoms with Gasteiger partial charge in [0, 0.05) is 30.2 Å². The molecule has 0 saturated heterocycles. The molecule has 116 valence electrons. The van der Waals surface area contributed by atoms with E-state index in [9.17, 15) is 4.79 Å². The number of hydrogen-bond donors (Lipinski definition) is 1. The molecule has 0 radical (unpaired) electrons. The first-order chi connectivity index (χ1) is 11.1. The van der Waals surface area contributed by atoms with Gasteiger partial charge in [0.1, 0.15) is 5.82 Å². The summed E-state index contributed by atoms with van der Waals surface area (Å²) in [7, 11) is 0. The Bertz CT molecular complexity index is 819. The van der Waals surface area contributed by atoms with Crippen molar-refractivity contribution in [3.05, 3.63) is 83.4 Å². The van der Waals surface area contributed by atoms with E-state index >= 15 is 0 Å². The molecule has 2 aromatic carbocycles. The summed E-state index contributed by atoms with van der Waals surface area (Å²) in [5.74, 6) is 0.882. The Morgan fingerprint density at radius 3 is 2.57 bits per heavy atom. The van der Waals surface area contributed by atoms with Gasteiger partial charge in [0.25, 0.3) is 5.91 Å². The normalized spacial score (nSPS) is 10.5. The van der Waals surface area contributed by atoms with Gasteiger partial charge in [0.15, 0.2) is 0 Å². The lowest BCUT2D eigenvalue weighted by molar-refractivity contribution is 0.102. The predicted octanol–water partition coefficient (Wildman–Crippen LogP) is 3.80. The van der Waals surface area contributed by atoms with Crippen molar-refractivity contribution in [3.63, 3.8) is 0 Å². The summed E-state index contributed by atoms with van der Waals surface area (Å²) >= 11 is 0. The number of amides is 1. The number of aromatic nitrogens is 2. The fourth-order valence-electron chi connectivity index (χ4n) is 2.46. The van der Waals surface area contributed by atoms with Gasteiger partial charge in [-0.2, -0.15) is 0 Å². The van der Waals surface area contributed by atoms with E-state index in [0.29, 0.717) is 5.56 Å². The van der Waals surface area contributed by atoms with Crippen LogP contribution in [0.15, 0.2) is 60.9 Å². The highest BCUT2D eigenvalue weighted by Gasteiger charge is 2.06. The van der Waals surface area contributed by atoms with Gasteiger partial charge in [0.05, 0.1) is 0 Å². The molecular formula is C19H19N3O. The number of rotatable bonds is 4. The molecule has 1 aromatic heterocycles. The zero-order valence-electron chi connectivity index (χ0n) is 13.3. The van der Waals surface area contributed by atoms with Gasteiger partial charge < -0.3 is 9.88 Å². The quantitative estimate of drug-likeness (QED) is 0.797. The van der Waals surface area contributed by atoms with Crippen molar-refractivity contribution in [2.24, 2.45) is 0 Å². The maximum atomic E-state index is 12.3. The maximum absolute atomic E-state index is 12.3. The minimum atomic E-state index is -0.0963. The van der Waals surface area contributed by atoms with Crippen molar-refractivity contribution in [1.29, 1.82) is 0 Å². The van der Waals surface area contributed by atoms with Crippen LogP contribution in [0.1, 0.15) is 27.3 Å². The fourth-order valence-corrected chi connectivity index (χ4v) is 2.46. The molecule has 0 saturated carbocycles. The molecule has 0 unspecified atom stereocenters. The second-order valence-electron chi connectivity index (χ2n) is 5.62. The zero-order valence-corrected chi connectivity index (χ0v) is 13.3. The van der Waals surface area contributed by atoms with Crippen LogP contribution in [0.2, 0.25) is 0 Å². The zero-order chi connectivity index (χ0) is 16.2. The highest BCUT2D eigenvalue weighted by Crippen LogP contribution is 2.13. The summed E-state index contributed by atoms with van der Waals surface area (Å²) in [4.78, 5) is 16.5. The van der Waals surface area contributed by atoms with Crippen LogP contribution in [-0.2, 0) is 6.54 Å². The molecule has 1 heterocycles. The largest absolute Gasteiger partial charge is 0.331 e. The lowest BCUT2D eigenvalue weighted by Gasteiger charge is -2.08. The Kier molecular flexibility index (Phi) is 4.24. The predicted molar refractivity (Wildman–Crippen MR) is 91.6 cm³/mol. The molecule has 3 aromatic rings. The van der Waals surface area contributed by atoms with Crippen LogP contribution in [0.5, 0.6) is 0 Å². The second kappa shape index (κ2) is 6.48. The third-order valence-corrected chi connectivity index (χ3v) is 3.77. The standard InChI is InChI=1S/C19H19N3O/c1-14-4-3-5-18(12-14)21-19(23)17-8-6-16(7-9-17)13-22-11-10-20-15(22)2/h3-12H,13H2,1-2H3,(H,21,23). The average Bonchev–Trinajstić information content (AvgIpc) is 2.93. The van der Waals surface area contributed by atoms with Gasteiger partial charge in [-0.3, -0.25) is 4.79 Å². The number of hydrogen-bond acceptors (Lipinski definition) is 2. The van der Waals surface area contributed by atoms with E-state index in [1.165, 1.54) is 0 Å². The van der Waals surface area contributed by atoms with Crippen LogP contribution < -0.4 is 5.32 Å². The topological polar surface area (TPSA) is 46.9 Å². The Morgan fingerprint density at radius 1 is 1.13 bits per heavy atom. The smallest absolute Gasteiger partial charge is 0.255 e. The number of carbonyl (C=O) groups is 1. The van der Waals surface area contributed by atoms with E-state index in [1.807, 2.05) is 68.6 Å². The molecule has 0 atom stereocenters. The molecule has 1 N–H and O–H groups in total. The summed E-state index contributed by atoms with van der Waals surface area (Å²) in [6, 6.07) is 15.4. The van der Waals surface area contributed by atoms with E-state index in [-0.39, 0.29) is 5.91 Å². The average molecular weight is 305 g/mol. The van der Waals surface area contributed by atoms with Gasteiger partial charge in [-0.15, -0.1) is 0 Å². The lowest BCUT2D eigenvalue weighted by Crippen LogP contribution is -2.12. The van der Waals surface area contributed by atoms with Gasteiger partial charge in [-0.1, -0.05) is 24.3 Å². The minimum Gasteiger partial charge on any atom is -0.331 e. The van der Waals surface area contributed by atoms with E-state index in [1.54, 1.807) is 6.20 Å². The van der Waals surface area contributed by atoms with Crippen molar-refractivity contribution >= 4 is 11.6 Å². The number of anilines is 1. The van der Waals surface area contributed by atoms with Gasteiger partial charge in [-0.05, 0) is 49.2 Å². The summed E-state index contributed by atoms with van der Waals surface area (Å²) in [5.41, 5.74) is 3.72. The number of aryl methyl sites for hydroxylation is 2. The first kappa shape index (κ1) is 15.0. The number of nitrogens with zero attached hydrogens (tertiary/aromatic N) is 2. The molecule has 4 heteroatoms. The summed E-state index contributed by atoms with van der Waals surface area (Å²) in [6.07, 6.45) is 3.74. The Morgan fingerprint density at radius 2 is 1.91 bits per heavy atom. The van der Waals surface area contributed by atoms with Crippen LogP contribution in [0.25, 0.3) is 0 Å². The van der Waals surface area contributed by atoms with Crippen molar-refractivity contribution in [1.82, 2.24) is 9.55 Å². The van der Waals surface area contributed by atoms with Gasteiger partial charge >= 0.3 is 0 Å². The maximum Gasteiger partial charge on any atom is 0.255 e. The third-order valence-electron chi connectivity index (χ3n) is 3.77. The molecule has 0 aliphatic heterocycles. The molecule has 0 fully saturated rings. The summed E-state index contributed by atoms with van der Waals surface area (Å²) in [5, 5.41) is 2.92. The van der Waals surface area contributed by atoms with Crippen molar-refractivity contribution in [2.75, 3.05) is 5.32 Å². The number of nitrogens with one attached hydrogen (secondary N) is 1. The molecule has 0 spiro atoms. The van der Waals surface area contributed by atoms with Crippen LogP contribution in [0.4, 0.5) is 5.69 Å². The Hall–Kier alpha value is -2.88. The molecule has 0 bridgehead atoms. The molecule has 0 aliphatic rings. The van der Waals surface area contributed by atoms with E-state index < -0.39 is 0 Å². The molecule has 1 amide bonds. The molecule has 4 nitrogen and oxygen atoms in total. The molecule has 3 rings (SSSR count). The first-order valence-corrected chi connectivity index (χ1v) is 7.56. The molecular weight excluding hydrogens is 286 g/mol. The highest BCUT2D eigenvalue weighted by atomic mass is 16.1. The van der Waals surface area contributed by atoms with Crippen molar-refractivity contribution in [2.45, 2.75) is 20.4 Å². The number of benzene rings is 2. The fraction of sp³-hybridized carbons (Fsp3) is 0.158. The summed E-state index contributed by atoms with van der Waals surface area (Å²) < 4.78 is 2.07. The lowest BCUT2D eigenvalue weighted by atomic mass is 10.1. The van der Waals surface area contributed by atoms with Crippen molar-refractivity contribution in [3.8, 4) is 0 Å². The summed E-state index contributed by atoms with van der Waals surface area (Å²) in [6.45, 7) is 4.73. The van der Waals surface area contributed by atoms with E-state index in [4.69, 9.17) is 0 Å². The van der Waals surface area contributed by atoms with Gasteiger partial charge in [-0.25, -0.2) is 4.98 Å². The Labute approximate surface area is 135 Å². The molecule has 0 aliphatic carbocycles. The Balaban J connectivity index is 1.69. The number of carbonyl (C=O) groups excluding carboxylic acids is 1.